The highest BCUT2D eigenvalue weighted by Gasteiger charge is 2.36. The lowest BCUT2D eigenvalue weighted by molar-refractivity contribution is -0.139. The molecule has 0 aromatic rings. The molecule has 0 saturated carbocycles. The van der Waals surface area contributed by atoms with Gasteiger partial charge < -0.3 is 10.4 Å². The molecule has 86 valence electrons. The van der Waals surface area contributed by atoms with Crippen LogP contribution in [0.3, 0.4) is 0 Å². The Balaban J connectivity index is 1.93. The molecular weight excluding hydrogens is 192 g/mol. The van der Waals surface area contributed by atoms with Crippen molar-refractivity contribution < 1.29 is 9.90 Å². The lowest BCUT2D eigenvalue weighted by Gasteiger charge is -2.45. The van der Waals surface area contributed by atoms with Crippen molar-refractivity contribution in [2.24, 2.45) is 5.41 Å². The standard InChI is InChI=1S/C11H20N2O2/c14-10(15)7-13-6-2-4-11(9-13)3-1-5-12-8-11/h12H,1-9H2,(H,14,15). The fraction of sp³-hybridized carbons (Fsp3) is 0.909. The summed E-state index contributed by atoms with van der Waals surface area (Å²) in [5.74, 6) is -0.698. The lowest BCUT2D eigenvalue weighted by Crippen LogP contribution is -2.51. The van der Waals surface area contributed by atoms with E-state index in [0.717, 1.165) is 32.6 Å². The van der Waals surface area contributed by atoms with E-state index in [1.807, 2.05) is 0 Å². The van der Waals surface area contributed by atoms with Crippen LogP contribution in [0, 0.1) is 5.41 Å². The lowest BCUT2D eigenvalue weighted by atomic mass is 9.74. The topological polar surface area (TPSA) is 52.6 Å². The first-order valence-electron chi connectivity index (χ1n) is 5.85. The molecule has 2 aliphatic heterocycles. The zero-order valence-corrected chi connectivity index (χ0v) is 9.17. The summed E-state index contributed by atoms with van der Waals surface area (Å²) in [5.41, 5.74) is 0.367. The molecule has 0 aliphatic carbocycles. The molecule has 15 heavy (non-hydrogen) atoms. The van der Waals surface area contributed by atoms with Gasteiger partial charge in [0.25, 0.3) is 0 Å². The summed E-state index contributed by atoms with van der Waals surface area (Å²) in [7, 11) is 0. The maximum absolute atomic E-state index is 10.7. The second-order valence-electron chi connectivity index (χ2n) is 4.99. The summed E-state index contributed by atoms with van der Waals surface area (Å²) in [6.45, 7) is 4.33. The Bertz CT molecular complexity index is 231. The number of nitrogens with zero attached hydrogens (tertiary/aromatic N) is 1. The van der Waals surface area contributed by atoms with Gasteiger partial charge in [-0.2, -0.15) is 0 Å². The van der Waals surface area contributed by atoms with Crippen LogP contribution in [0.1, 0.15) is 25.7 Å². The number of carboxylic acid groups (broad SMARTS) is 1. The van der Waals surface area contributed by atoms with Crippen LogP contribution in [-0.2, 0) is 4.79 Å². The predicted molar refractivity (Wildman–Crippen MR) is 57.8 cm³/mol. The Morgan fingerprint density at radius 1 is 1.40 bits per heavy atom. The highest BCUT2D eigenvalue weighted by molar-refractivity contribution is 5.69. The van der Waals surface area contributed by atoms with Gasteiger partial charge in [0, 0.05) is 13.1 Å². The molecule has 2 N–H and O–H groups in total. The van der Waals surface area contributed by atoms with Crippen molar-refractivity contribution in [3.63, 3.8) is 0 Å². The van der Waals surface area contributed by atoms with Gasteiger partial charge in [-0.05, 0) is 44.2 Å². The number of nitrogens with one attached hydrogen (secondary N) is 1. The van der Waals surface area contributed by atoms with Gasteiger partial charge in [0.05, 0.1) is 6.54 Å². The summed E-state index contributed by atoms with van der Waals surface area (Å²) in [6, 6.07) is 0. The van der Waals surface area contributed by atoms with Crippen molar-refractivity contribution in [2.45, 2.75) is 25.7 Å². The van der Waals surface area contributed by atoms with Crippen molar-refractivity contribution in [2.75, 3.05) is 32.7 Å². The minimum atomic E-state index is -0.698. The minimum absolute atomic E-state index is 0.210. The van der Waals surface area contributed by atoms with Gasteiger partial charge in [-0.1, -0.05) is 0 Å². The van der Waals surface area contributed by atoms with Gasteiger partial charge in [0.2, 0.25) is 0 Å². The molecule has 0 amide bonds. The van der Waals surface area contributed by atoms with Crippen LogP contribution in [0.5, 0.6) is 0 Å². The summed E-state index contributed by atoms with van der Waals surface area (Å²) in [4.78, 5) is 12.8. The van der Waals surface area contributed by atoms with Gasteiger partial charge in [-0.15, -0.1) is 0 Å². The summed E-state index contributed by atoms with van der Waals surface area (Å²) in [6.07, 6.45) is 4.90. The molecule has 2 rings (SSSR count). The largest absolute Gasteiger partial charge is 0.480 e. The Labute approximate surface area is 90.6 Å². The van der Waals surface area contributed by atoms with Gasteiger partial charge in [0.1, 0.15) is 0 Å². The normalized spacial score (nSPS) is 33.1. The maximum Gasteiger partial charge on any atom is 0.317 e. The summed E-state index contributed by atoms with van der Waals surface area (Å²) < 4.78 is 0. The van der Waals surface area contributed by atoms with Gasteiger partial charge in [-0.25, -0.2) is 0 Å². The van der Waals surface area contributed by atoms with Crippen LogP contribution >= 0.6 is 0 Å². The van der Waals surface area contributed by atoms with E-state index in [9.17, 15) is 4.79 Å². The predicted octanol–water partition coefficient (Wildman–Crippen LogP) is 0.537. The van der Waals surface area contributed by atoms with Gasteiger partial charge >= 0.3 is 5.97 Å². The number of hydrogen-bond donors (Lipinski definition) is 2. The molecule has 0 radical (unpaired) electrons. The first-order chi connectivity index (χ1) is 7.20. The molecule has 4 heteroatoms. The van der Waals surface area contributed by atoms with Crippen molar-refractivity contribution in [3.05, 3.63) is 0 Å². The number of hydrogen-bond acceptors (Lipinski definition) is 3. The third-order valence-corrected chi connectivity index (χ3v) is 3.66. The molecular formula is C11H20N2O2. The van der Waals surface area contributed by atoms with Gasteiger partial charge in [0.15, 0.2) is 0 Å². The third-order valence-electron chi connectivity index (χ3n) is 3.66. The fourth-order valence-corrected chi connectivity index (χ4v) is 3.02. The van der Waals surface area contributed by atoms with Crippen LogP contribution < -0.4 is 5.32 Å². The van der Waals surface area contributed by atoms with E-state index >= 15 is 0 Å². The number of aliphatic carboxylic acids is 1. The molecule has 1 spiro atoms. The molecule has 2 aliphatic rings. The number of carboxylic acids is 1. The average molecular weight is 212 g/mol. The van der Waals surface area contributed by atoms with E-state index in [4.69, 9.17) is 5.11 Å². The monoisotopic (exact) mass is 212 g/mol. The van der Waals surface area contributed by atoms with Crippen LogP contribution in [0.15, 0.2) is 0 Å². The van der Waals surface area contributed by atoms with Crippen LogP contribution in [-0.4, -0.2) is 48.7 Å². The SMILES string of the molecule is O=C(O)CN1CCCC2(CCCNC2)C1. The molecule has 2 fully saturated rings. The molecule has 1 unspecified atom stereocenters. The number of carbonyl (C=O) groups is 1. The third kappa shape index (κ3) is 2.69. The first-order valence-corrected chi connectivity index (χ1v) is 5.85. The highest BCUT2D eigenvalue weighted by atomic mass is 16.4. The van der Waals surface area contributed by atoms with Crippen LogP contribution in [0.2, 0.25) is 0 Å². The van der Waals surface area contributed by atoms with Crippen molar-refractivity contribution in [1.82, 2.24) is 10.2 Å². The number of likely N-dealkylation sites (tertiary alicyclic amines) is 1. The fourth-order valence-electron chi connectivity index (χ4n) is 3.02. The van der Waals surface area contributed by atoms with Crippen molar-refractivity contribution >= 4 is 5.97 Å². The summed E-state index contributed by atoms with van der Waals surface area (Å²) >= 11 is 0. The molecule has 1 atom stereocenters. The second kappa shape index (κ2) is 4.49. The van der Waals surface area contributed by atoms with E-state index in [1.54, 1.807) is 0 Å². The van der Waals surface area contributed by atoms with Crippen LogP contribution in [0.4, 0.5) is 0 Å². The van der Waals surface area contributed by atoms with E-state index in [2.05, 4.69) is 10.2 Å². The highest BCUT2D eigenvalue weighted by Crippen LogP contribution is 2.35. The molecule has 2 saturated heterocycles. The van der Waals surface area contributed by atoms with Gasteiger partial charge in [-0.3, -0.25) is 9.69 Å². The quantitative estimate of drug-likeness (QED) is 0.701. The van der Waals surface area contributed by atoms with E-state index < -0.39 is 5.97 Å². The maximum atomic E-state index is 10.7. The Morgan fingerprint density at radius 3 is 2.87 bits per heavy atom. The van der Waals surface area contributed by atoms with Crippen LogP contribution in [0.25, 0.3) is 0 Å². The molecule has 0 aromatic carbocycles. The van der Waals surface area contributed by atoms with E-state index in [-0.39, 0.29) is 6.54 Å². The summed E-state index contributed by atoms with van der Waals surface area (Å²) in [5, 5.41) is 12.2. The van der Waals surface area contributed by atoms with Crippen molar-refractivity contribution in [1.29, 1.82) is 0 Å². The van der Waals surface area contributed by atoms with E-state index in [1.165, 1.54) is 19.3 Å². The Kier molecular flexibility index (Phi) is 3.26. The zero-order chi connectivity index (χ0) is 10.7. The smallest absolute Gasteiger partial charge is 0.317 e. The molecule has 0 bridgehead atoms. The first kappa shape index (κ1) is 10.9. The second-order valence-corrected chi connectivity index (χ2v) is 4.99. The molecule has 0 aromatic heterocycles. The Morgan fingerprint density at radius 2 is 2.20 bits per heavy atom. The zero-order valence-electron chi connectivity index (χ0n) is 9.17. The van der Waals surface area contributed by atoms with E-state index in [0.29, 0.717) is 5.41 Å². The number of rotatable bonds is 2. The molecule has 4 nitrogen and oxygen atoms in total. The Hall–Kier alpha value is -0.610. The molecule has 2 heterocycles. The van der Waals surface area contributed by atoms with Crippen molar-refractivity contribution in [3.8, 4) is 0 Å². The minimum Gasteiger partial charge on any atom is -0.480 e. The average Bonchev–Trinajstić information content (AvgIpc) is 2.17. The number of piperidine rings is 2.